The van der Waals surface area contributed by atoms with Crippen LogP contribution in [0.4, 0.5) is 10.1 Å². The van der Waals surface area contributed by atoms with Crippen LogP contribution in [-0.4, -0.2) is 18.2 Å². The molecule has 1 saturated heterocycles. The Hall–Kier alpha value is -0.800. The van der Waals surface area contributed by atoms with Gasteiger partial charge in [-0.1, -0.05) is 30.9 Å². The molecule has 1 heterocycles. The Labute approximate surface area is 124 Å². The van der Waals surface area contributed by atoms with Crippen molar-refractivity contribution >= 4 is 17.3 Å². The van der Waals surface area contributed by atoms with Crippen molar-refractivity contribution in [3.8, 4) is 0 Å². The molecule has 2 aliphatic rings. The minimum atomic E-state index is -0.276. The van der Waals surface area contributed by atoms with E-state index in [0.717, 1.165) is 32.3 Å². The maximum Gasteiger partial charge on any atom is 0.147 e. The molecule has 1 N–H and O–H groups in total. The van der Waals surface area contributed by atoms with Crippen LogP contribution in [0.2, 0.25) is 5.02 Å². The number of rotatable bonds is 2. The van der Waals surface area contributed by atoms with Gasteiger partial charge in [0.1, 0.15) is 5.82 Å². The Morgan fingerprint density at radius 2 is 2.05 bits per heavy atom. The van der Waals surface area contributed by atoms with E-state index in [4.69, 9.17) is 16.3 Å². The summed E-state index contributed by atoms with van der Waals surface area (Å²) in [6.07, 6.45) is 8.03. The lowest BCUT2D eigenvalue weighted by Gasteiger charge is -2.44. The first-order chi connectivity index (χ1) is 9.67. The number of anilines is 1. The van der Waals surface area contributed by atoms with Gasteiger partial charge in [0, 0.05) is 17.7 Å². The summed E-state index contributed by atoms with van der Waals surface area (Å²) in [4.78, 5) is 0. The quantitative estimate of drug-likeness (QED) is 0.849. The molecule has 2 fully saturated rings. The molecule has 110 valence electrons. The minimum Gasteiger partial charge on any atom is -0.380 e. The topological polar surface area (TPSA) is 21.3 Å². The predicted octanol–water partition coefficient (Wildman–Crippen LogP) is 4.77. The molecule has 0 amide bonds. The number of nitrogens with one attached hydrogen (secondary N) is 1. The first-order valence-corrected chi connectivity index (χ1v) is 7.90. The van der Waals surface area contributed by atoms with Crippen LogP contribution in [0.15, 0.2) is 18.2 Å². The highest BCUT2D eigenvalue weighted by molar-refractivity contribution is 6.30. The van der Waals surface area contributed by atoms with Crippen molar-refractivity contribution in [3.05, 3.63) is 29.0 Å². The summed E-state index contributed by atoms with van der Waals surface area (Å²) in [7, 11) is 0. The van der Waals surface area contributed by atoms with Crippen molar-refractivity contribution in [3.63, 3.8) is 0 Å². The van der Waals surface area contributed by atoms with E-state index < -0.39 is 0 Å². The standard InChI is InChI=1S/C16H21ClFNO/c17-12-4-5-15(14(18)10-12)19-13-6-9-20-16(11-13)7-2-1-3-8-16/h4-5,10,13,19H,1-3,6-9,11H2. The second kappa shape index (κ2) is 5.90. The number of benzene rings is 1. The first-order valence-electron chi connectivity index (χ1n) is 7.52. The van der Waals surface area contributed by atoms with Gasteiger partial charge in [-0.2, -0.15) is 0 Å². The smallest absolute Gasteiger partial charge is 0.147 e. The zero-order valence-electron chi connectivity index (χ0n) is 11.6. The molecule has 0 bridgehead atoms. The van der Waals surface area contributed by atoms with Gasteiger partial charge < -0.3 is 10.1 Å². The van der Waals surface area contributed by atoms with Crippen molar-refractivity contribution in [2.24, 2.45) is 0 Å². The average molecular weight is 298 g/mol. The van der Waals surface area contributed by atoms with E-state index in [0.29, 0.717) is 10.7 Å². The fourth-order valence-corrected chi connectivity index (χ4v) is 3.68. The van der Waals surface area contributed by atoms with Gasteiger partial charge in [0.2, 0.25) is 0 Å². The molecule has 1 aromatic rings. The normalized spacial score (nSPS) is 25.6. The molecule has 0 aromatic heterocycles. The maximum atomic E-state index is 13.9. The van der Waals surface area contributed by atoms with Crippen LogP contribution in [0.25, 0.3) is 0 Å². The van der Waals surface area contributed by atoms with Crippen molar-refractivity contribution < 1.29 is 9.13 Å². The van der Waals surface area contributed by atoms with Crippen molar-refractivity contribution in [1.29, 1.82) is 0 Å². The van der Waals surface area contributed by atoms with Gasteiger partial charge in [0.05, 0.1) is 11.3 Å². The highest BCUT2D eigenvalue weighted by Crippen LogP contribution is 2.39. The van der Waals surface area contributed by atoms with E-state index in [-0.39, 0.29) is 17.5 Å². The van der Waals surface area contributed by atoms with Gasteiger partial charge in [-0.15, -0.1) is 0 Å². The van der Waals surface area contributed by atoms with Gasteiger partial charge in [-0.3, -0.25) is 0 Å². The highest BCUT2D eigenvalue weighted by atomic mass is 35.5. The van der Waals surface area contributed by atoms with E-state index in [1.54, 1.807) is 12.1 Å². The third-order valence-electron chi connectivity index (χ3n) is 4.55. The summed E-state index contributed by atoms with van der Waals surface area (Å²) < 4.78 is 19.9. The Bertz CT molecular complexity index is 468. The second-order valence-corrected chi connectivity index (χ2v) is 6.49. The number of ether oxygens (including phenoxy) is 1. The van der Waals surface area contributed by atoms with Crippen LogP contribution >= 0.6 is 11.6 Å². The Morgan fingerprint density at radius 1 is 1.25 bits per heavy atom. The van der Waals surface area contributed by atoms with Crippen molar-refractivity contribution in [1.82, 2.24) is 0 Å². The zero-order chi connectivity index (χ0) is 14.0. The van der Waals surface area contributed by atoms with Crippen LogP contribution in [0.1, 0.15) is 44.9 Å². The summed E-state index contributed by atoms with van der Waals surface area (Å²) in [5, 5.41) is 3.77. The number of hydrogen-bond donors (Lipinski definition) is 1. The molecule has 1 unspecified atom stereocenters. The van der Waals surface area contributed by atoms with Gasteiger partial charge in [0.15, 0.2) is 0 Å². The van der Waals surface area contributed by atoms with E-state index in [9.17, 15) is 4.39 Å². The fraction of sp³-hybridized carbons (Fsp3) is 0.625. The zero-order valence-corrected chi connectivity index (χ0v) is 12.4. The fourth-order valence-electron chi connectivity index (χ4n) is 3.52. The van der Waals surface area contributed by atoms with Crippen molar-refractivity contribution in [2.75, 3.05) is 11.9 Å². The summed E-state index contributed by atoms with van der Waals surface area (Å²) in [5.41, 5.74) is 0.587. The molecule has 4 heteroatoms. The lowest BCUT2D eigenvalue weighted by molar-refractivity contribution is -0.103. The van der Waals surface area contributed by atoms with Crippen LogP contribution in [-0.2, 0) is 4.74 Å². The molecule has 2 nitrogen and oxygen atoms in total. The molecule has 1 aliphatic carbocycles. The molecular formula is C16H21ClFNO. The van der Waals surface area contributed by atoms with Crippen LogP contribution in [0.3, 0.4) is 0 Å². The molecule has 0 radical (unpaired) electrons. The maximum absolute atomic E-state index is 13.9. The first kappa shape index (κ1) is 14.2. The summed E-state index contributed by atoms with van der Waals surface area (Å²) in [5.74, 6) is -0.276. The molecule has 3 rings (SSSR count). The molecule has 1 aliphatic heterocycles. The third-order valence-corrected chi connectivity index (χ3v) is 4.78. The summed E-state index contributed by atoms with van der Waals surface area (Å²) >= 11 is 5.79. The average Bonchev–Trinajstić information content (AvgIpc) is 2.43. The lowest BCUT2D eigenvalue weighted by atomic mass is 9.78. The summed E-state index contributed by atoms with van der Waals surface area (Å²) in [6.45, 7) is 0.771. The summed E-state index contributed by atoms with van der Waals surface area (Å²) in [6, 6.07) is 5.10. The van der Waals surface area contributed by atoms with E-state index in [1.165, 1.54) is 25.3 Å². The minimum absolute atomic E-state index is 0.0388. The van der Waals surface area contributed by atoms with E-state index >= 15 is 0 Å². The van der Waals surface area contributed by atoms with Crippen LogP contribution in [0.5, 0.6) is 0 Å². The predicted molar refractivity (Wildman–Crippen MR) is 79.8 cm³/mol. The van der Waals surface area contributed by atoms with Gasteiger partial charge >= 0.3 is 0 Å². The monoisotopic (exact) mass is 297 g/mol. The van der Waals surface area contributed by atoms with Crippen LogP contribution in [0, 0.1) is 5.82 Å². The van der Waals surface area contributed by atoms with Crippen molar-refractivity contribution in [2.45, 2.75) is 56.6 Å². The molecule has 20 heavy (non-hydrogen) atoms. The number of halogens is 2. The molecule has 1 spiro atoms. The SMILES string of the molecule is Fc1cc(Cl)ccc1NC1CCOC2(CCCCC2)C1. The third kappa shape index (κ3) is 3.09. The molecular weight excluding hydrogens is 277 g/mol. The Morgan fingerprint density at radius 3 is 2.80 bits per heavy atom. The van der Waals surface area contributed by atoms with Crippen LogP contribution < -0.4 is 5.32 Å². The highest BCUT2D eigenvalue weighted by Gasteiger charge is 2.38. The second-order valence-electron chi connectivity index (χ2n) is 6.05. The van der Waals surface area contributed by atoms with Gasteiger partial charge in [0.25, 0.3) is 0 Å². The lowest BCUT2D eigenvalue weighted by Crippen LogP contribution is -2.45. The Balaban J connectivity index is 1.68. The molecule has 1 saturated carbocycles. The van der Waals surface area contributed by atoms with E-state index in [1.807, 2.05) is 0 Å². The largest absolute Gasteiger partial charge is 0.380 e. The van der Waals surface area contributed by atoms with Gasteiger partial charge in [-0.25, -0.2) is 4.39 Å². The molecule has 1 aromatic carbocycles. The Kier molecular flexibility index (Phi) is 4.18. The van der Waals surface area contributed by atoms with Gasteiger partial charge in [-0.05, 0) is 43.9 Å². The van der Waals surface area contributed by atoms with E-state index in [2.05, 4.69) is 5.32 Å². The number of hydrogen-bond acceptors (Lipinski definition) is 2. The molecule has 1 atom stereocenters.